The lowest BCUT2D eigenvalue weighted by Gasteiger charge is -2.15. The fourth-order valence-electron chi connectivity index (χ4n) is 1.92. The number of anilines is 1. The normalized spacial score (nSPS) is 11.3. The summed E-state index contributed by atoms with van der Waals surface area (Å²) < 4.78 is 51.1. The fourth-order valence-corrected chi connectivity index (χ4v) is 1.92. The summed E-state index contributed by atoms with van der Waals surface area (Å²) in [7, 11) is 0. The van der Waals surface area contributed by atoms with Crippen molar-refractivity contribution in [3.63, 3.8) is 0 Å². The Morgan fingerprint density at radius 2 is 1.73 bits per heavy atom. The molecule has 2 N–H and O–H groups in total. The molecule has 0 spiro atoms. The van der Waals surface area contributed by atoms with E-state index in [-0.39, 0.29) is 23.6 Å². The van der Waals surface area contributed by atoms with Crippen molar-refractivity contribution in [3.8, 4) is 0 Å². The van der Waals surface area contributed by atoms with Crippen molar-refractivity contribution in [3.05, 3.63) is 71.6 Å². The fraction of sp³-hybridized carbons (Fsp3) is 0.125. The third kappa shape index (κ3) is 3.78. The number of halogens is 4. The van der Waals surface area contributed by atoms with Crippen LogP contribution in [0.4, 0.5) is 23.2 Å². The van der Waals surface area contributed by atoms with Crippen molar-refractivity contribution < 1.29 is 22.7 Å². The van der Waals surface area contributed by atoms with E-state index in [1.54, 1.807) is 0 Å². The number of nitrogens with one attached hydrogen (secondary N) is 1. The Balaban J connectivity index is 2.27. The van der Waals surface area contributed by atoms with Gasteiger partial charge in [-0.3, -0.25) is 0 Å². The van der Waals surface area contributed by atoms with Gasteiger partial charge in [0.25, 0.3) is 0 Å². The SMILES string of the molecule is C=C(O)c1ccc(C(F)(F)F)cc1NCc1ccc(F)cc1. The van der Waals surface area contributed by atoms with Gasteiger partial charge in [-0.25, -0.2) is 4.39 Å². The molecule has 0 fully saturated rings. The predicted octanol–water partition coefficient (Wildman–Crippen LogP) is 4.99. The van der Waals surface area contributed by atoms with E-state index in [0.717, 1.165) is 18.2 Å². The molecule has 0 heterocycles. The van der Waals surface area contributed by atoms with Crippen LogP contribution in [0.1, 0.15) is 16.7 Å². The lowest BCUT2D eigenvalue weighted by Crippen LogP contribution is -2.08. The van der Waals surface area contributed by atoms with Gasteiger partial charge in [-0.2, -0.15) is 13.2 Å². The molecule has 22 heavy (non-hydrogen) atoms. The number of alkyl halides is 3. The molecule has 0 atom stereocenters. The highest BCUT2D eigenvalue weighted by Gasteiger charge is 2.31. The van der Waals surface area contributed by atoms with E-state index in [0.29, 0.717) is 5.56 Å². The molecule has 2 aromatic carbocycles. The van der Waals surface area contributed by atoms with E-state index in [4.69, 9.17) is 0 Å². The van der Waals surface area contributed by atoms with Crippen LogP contribution in [-0.4, -0.2) is 5.11 Å². The maximum atomic E-state index is 12.8. The third-order valence-corrected chi connectivity index (χ3v) is 3.05. The zero-order valence-electron chi connectivity index (χ0n) is 11.4. The Kier molecular flexibility index (Phi) is 4.40. The summed E-state index contributed by atoms with van der Waals surface area (Å²) in [6.45, 7) is 3.51. The summed E-state index contributed by atoms with van der Waals surface area (Å²) in [6, 6.07) is 8.48. The van der Waals surface area contributed by atoms with Crippen molar-refractivity contribution in [2.24, 2.45) is 0 Å². The van der Waals surface area contributed by atoms with Gasteiger partial charge in [0.15, 0.2) is 0 Å². The van der Waals surface area contributed by atoms with Crippen molar-refractivity contribution in [2.75, 3.05) is 5.32 Å². The van der Waals surface area contributed by atoms with Crippen LogP contribution in [0.25, 0.3) is 5.76 Å². The first-order chi connectivity index (χ1) is 10.3. The largest absolute Gasteiger partial charge is 0.508 e. The van der Waals surface area contributed by atoms with Crippen molar-refractivity contribution in [1.82, 2.24) is 0 Å². The molecule has 0 saturated heterocycles. The van der Waals surface area contributed by atoms with E-state index in [1.165, 1.54) is 24.3 Å². The number of benzene rings is 2. The maximum absolute atomic E-state index is 12.8. The molecule has 0 amide bonds. The molecular weight excluding hydrogens is 298 g/mol. The molecule has 0 saturated carbocycles. The number of rotatable bonds is 4. The second-order valence-electron chi connectivity index (χ2n) is 4.68. The quantitative estimate of drug-likeness (QED) is 0.616. The van der Waals surface area contributed by atoms with Crippen LogP contribution in [0.5, 0.6) is 0 Å². The Morgan fingerprint density at radius 3 is 2.27 bits per heavy atom. The van der Waals surface area contributed by atoms with Gasteiger partial charge in [0.05, 0.1) is 5.56 Å². The van der Waals surface area contributed by atoms with Gasteiger partial charge >= 0.3 is 6.18 Å². The monoisotopic (exact) mass is 311 g/mol. The van der Waals surface area contributed by atoms with Crippen LogP contribution in [0, 0.1) is 5.82 Å². The lowest BCUT2D eigenvalue weighted by molar-refractivity contribution is -0.137. The summed E-state index contributed by atoms with van der Waals surface area (Å²) in [5, 5.41) is 12.3. The van der Waals surface area contributed by atoms with Gasteiger partial charge in [-0.05, 0) is 35.9 Å². The summed E-state index contributed by atoms with van der Waals surface area (Å²) in [5.41, 5.74) is 0.134. The maximum Gasteiger partial charge on any atom is 0.416 e. The van der Waals surface area contributed by atoms with Gasteiger partial charge in [0.2, 0.25) is 0 Å². The summed E-state index contributed by atoms with van der Waals surface area (Å²) in [5.74, 6) is -0.734. The molecule has 0 unspecified atom stereocenters. The summed E-state index contributed by atoms with van der Waals surface area (Å²) in [6.07, 6.45) is -4.48. The van der Waals surface area contributed by atoms with E-state index >= 15 is 0 Å². The third-order valence-electron chi connectivity index (χ3n) is 3.05. The van der Waals surface area contributed by atoms with E-state index in [9.17, 15) is 22.7 Å². The topological polar surface area (TPSA) is 32.3 Å². The average molecular weight is 311 g/mol. The van der Waals surface area contributed by atoms with Crippen molar-refractivity contribution in [1.29, 1.82) is 0 Å². The lowest BCUT2D eigenvalue weighted by atomic mass is 10.1. The van der Waals surface area contributed by atoms with Gasteiger partial charge in [-0.15, -0.1) is 0 Å². The molecule has 0 aliphatic heterocycles. The first-order valence-corrected chi connectivity index (χ1v) is 6.35. The minimum absolute atomic E-state index is 0.103. The molecule has 0 radical (unpaired) electrons. The molecule has 2 nitrogen and oxygen atoms in total. The molecule has 116 valence electrons. The first kappa shape index (κ1) is 15.9. The van der Waals surface area contributed by atoms with Crippen LogP contribution >= 0.6 is 0 Å². The van der Waals surface area contributed by atoms with Crippen LogP contribution in [0.3, 0.4) is 0 Å². The molecule has 6 heteroatoms. The number of aliphatic hydroxyl groups excluding tert-OH is 1. The van der Waals surface area contributed by atoms with E-state index in [2.05, 4.69) is 11.9 Å². The van der Waals surface area contributed by atoms with Crippen LogP contribution in [0.2, 0.25) is 0 Å². The molecular formula is C16H13F4NO. The van der Waals surface area contributed by atoms with E-state index in [1.807, 2.05) is 0 Å². The van der Waals surface area contributed by atoms with Gasteiger partial charge in [0, 0.05) is 17.8 Å². The average Bonchev–Trinajstić information content (AvgIpc) is 2.45. The van der Waals surface area contributed by atoms with Gasteiger partial charge in [-0.1, -0.05) is 18.7 Å². The van der Waals surface area contributed by atoms with Crippen LogP contribution in [0.15, 0.2) is 49.0 Å². The second-order valence-corrected chi connectivity index (χ2v) is 4.68. The number of hydrogen-bond acceptors (Lipinski definition) is 2. The predicted molar refractivity (Wildman–Crippen MR) is 76.8 cm³/mol. The highest BCUT2D eigenvalue weighted by molar-refractivity contribution is 5.71. The zero-order valence-corrected chi connectivity index (χ0v) is 11.4. The standard InChI is InChI=1S/C16H13F4NO/c1-10(22)14-7-4-12(16(18,19)20)8-15(14)21-9-11-2-5-13(17)6-3-11/h2-8,21-22H,1,9H2. The van der Waals surface area contributed by atoms with Crippen LogP contribution in [-0.2, 0) is 12.7 Å². The molecule has 0 aliphatic carbocycles. The Labute approximate surface area is 124 Å². The van der Waals surface area contributed by atoms with Crippen molar-refractivity contribution in [2.45, 2.75) is 12.7 Å². The number of hydrogen-bond donors (Lipinski definition) is 2. The van der Waals surface area contributed by atoms with Gasteiger partial charge in [0.1, 0.15) is 11.6 Å². The first-order valence-electron chi connectivity index (χ1n) is 6.35. The number of aliphatic hydroxyl groups is 1. The van der Waals surface area contributed by atoms with E-state index < -0.39 is 17.6 Å². The van der Waals surface area contributed by atoms with Crippen LogP contribution < -0.4 is 5.32 Å². The van der Waals surface area contributed by atoms with Gasteiger partial charge < -0.3 is 10.4 Å². The highest BCUT2D eigenvalue weighted by Crippen LogP contribution is 2.33. The summed E-state index contributed by atoms with van der Waals surface area (Å²) in [4.78, 5) is 0. The Hall–Kier alpha value is -2.50. The summed E-state index contributed by atoms with van der Waals surface area (Å²) >= 11 is 0. The minimum atomic E-state index is -4.48. The molecule has 2 aromatic rings. The molecule has 2 rings (SSSR count). The smallest absolute Gasteiger partial charge is 0.416 e. The van der Waals surface area contributed by atoms with Crippen molar-refractivity contribution >= 4 is 11.4 Å². The zero-order chi connectivity index (χ0) is 16.3. The molecule has 0 aliphatic rings. The minimum Gasteiger partial charge on any atom is -0.508 e. The molecule has 0 bridgehead atoms. The Bertz CT molecular complexity index is 678. The Morgan fingerprint density at radius 1 is 1.09 bits per heavy atom. The highest BCUT2D eigenvalue weighted by atomic mass is 19.4. The second kappa shape index (κ2) is 6.09. The molecule has 0 aromatic heterocycles.